The topological polar surface area (TPSA) is 89.0 Å². The minimum Gasteiger partial charge on any atom is -0.479 e. The summed E-state index contributed by atoms with van der Waals surface area (Å²) in [6.07, 6.45) is 4.60. The average molecular weight is 464 g/mol. The van der Waals surface area contributed by atoms with E-state index >= 15 is 0 Å². The Hall–Kier alpha value is -3.42. The van der Waals surface area contributed by atoms with E-state index in [9.17, 15) is 14.4 Å². The Morgan fingerprint density at radius 1 is 1.15 bits per heavy atom. The molecular formula is C26H29N3O5. The molecular weight excluding hydrogens is 434 g/mol. The summed E-state index contributed by atoms with van der Waals surface area (Å²) in [5.74, 6) is 1.51. The Labute approximate surface area is 198 Å². The SMILES string of the molecule is CN(C)C(=O)CC1CC(=O)c2cc(N3CC[C@@H](Oc4ccc(OCC5CC5)nc4)C3=O)ccc21. The lowest BCUT2D eigenvalue weighted by Gasteiger charge is -2.19. The molecule has 2 fully saturated rings. The van der Waals surface area contributed by atoms with Crippen molar-refractivity contribution in [3.8, 4) is 11.6 Å². The van der Waals surface area contributed by atoms with Crippen LogP contribution in [0.2, 0.25) is 0 Å². The van der Waals surface area contributed by atoms with Crippen LogP contribution in [0.3, 0.4) is 0 Å². The van der Waals surface area contributed by atoms with Gasteiger partial charge in [-0.2, -0.15) is 0 Å². The number of anilines is 1. The summed E-state index contributed by atoms with van der Waals surface area (Å²) in [5.41, 5.74) is 2.18. The highest BCUT2D eigenvalue weighted by atomic mass is 16.5. The molecule has 178 valence electrons. The molecule has 1 aliphatic heterocycles. The van der Waals surface area contributed by atoms with Crippen molar-refractivity contribution in [3.63, 3.8) is 0 Å². The Morgan fingerprint density at radius 2 is 1.97 bits per heavy atom. The van der Waals surface area contributed by atoms with Crippen LogP contribution in [0.5, 0.6) is 11.6 Å². The number of amides is 2. The second-order valence-electron chi connectivity index (χ2n) is 9.56. The van der Waals surface area contributed by atoms with E-state index in [4.69, 9.17) is 9.47 Å². The summed E-state index contributed by atoms with van der Waals surface area (Å²) >= 11 is 0. The van der Waals surface area contributed by atoms with Gasteiger partial charge in [0.1, 0.15) is 5.75 Å². The van der Waals surface area contributed by atoms with Gasteiger partial charge in [-0.25, -0.2) is 4.98 Å². The number of fused-ring (bicyclic) bond motifs is 1. The van der Waals surface area contributed by atoms with Crippen molar-refractivity contribution >= 4 is 23.3 Å². The van der Waals surface area contributed by atoms with Crippen LogP contribution in [0.15, 0.2) is 36.5 Å². The van der Waals surface area contributed by atoms with Gasteiger partial charge in [0.15, 0.2) is 11.9 Å². The van der Waals surface area contributed by atoms with Crippen LogP contribution >= 0.6 is 0 Å². The second-order valence-corrected chi connectivity index (χ2v) is 9.56. The number of ether oxygens (including phenoxy) is 2. The van der Waals surface area contributed by atoms with E-state index in [2.05, 4.69) is 4.98 Å². The van der Waals surface area contributed by atoms with E-state index in [1.165, 1.54) is 12.8 Å². The summed E-state index contributed by atoms with van der Waals surface area (Å²) in [6, 6.07) is 9.06. The zero-order valence-electron chi connectivity index (χ0n) is 19.5. The maximum Gasteiger partial charge on any atom is 0.268 e. The highest BCUT2D eigenvalue weighted by Crippen LogP contribution is 2.38. The third-order valence-electron chi connectivity index (χ3n) is 6.75. The van der Waals surface area contributed by atoms with Crippen molar-refractivity contribution in [2.45, 2.75) is 44.1 Å². The lowest BCUT2D eigenvalue weighted by atomic mass is 9.97. The molecule has 2 atom stereocenters. The number of carbonyl (C=O) groups is 3. The first-order chi connectivity index (χ1) is 16.4. The molecule has 8 nitrogen and oxygen atoms in total. The van der Waals surface area contributed by atoms with E-state index < -0.39 is 6.10 Å². The minimum atomic E-state index is -0.602. The maximum absolute atomic E-state index is 13.0. The van der Waals surface area contributed by atoms with E-state index in [1.54, 1.807) is 48.3 Å². The third-order valence-corrected chi connectivity index (χ3v) is 6.75. The van der Waals surface area contributed by atoms with E-state index in [0.717, 1.165) is 5.56 Å². The maximum atomic E-state index is 13.0. The van der Waals surface area contributed by atoms with Crippen molar-refractivity contribution in [2.24, 2.45) is 5.92 Å². The van der Waals surface area contributed by atoms with Crippen LogP contribution in [0, 0.1) is 5.92 Å². The van der Waals surface area contributed by atoms with Crippen LogP contribution in [0.4, 0.5) is 5.69 Å². The summed E-state index contributed by atoms with van der Waals surface area (Å²) in [5, 5.41) is 0. The molecule has 5 rings (SSSR count). The van der Waals surface area contributed by atoms with Crippen molar-refractivity contribution in [1.82, 2.24) is 9.88 Å². The molecule has 0 N–H and O–H groups in total. The monoisotopic (exact) mass is 463 g/mol. The van der Waals surface area contributed by atoms with Crippen LogP contribution in [0.25, 0.3) is 0 Å². The number of rotatable bonds is 8. The van der Waals surface area contributed by atoms with Crippen LogP contribution in [-0.4, -0.2) is 60.8 Å². The quantitative estimate of drug-likeness (QED) is 0.597. The number of aromatic nitrogens is 1. The number of Topliss-reactive ketones (excluding diaryl/α,β-unsaturated/α-hetero) is 1. The first-order valence-corrected chi connectivity index (χ1v) is 11.8. The second kappa shape index (κ2) is 9.08. The largest absolute Gasteiger partial charge is 0.479 e. The Morgan fingerprint density at radius 3 is 2.68 bits per heavy atom. The number of carbonyl (C=O) groups excluding carboxylic acids is 3. The molecule has 8 heteroatoms. The van der Waals surface area contributed by atoms with Crippen LogP contribution in [0.1, 0.15) is 53.9 Å². The molecule has 1 aromatic carbocycles. The third kappa shape index (κ3) is 4.62. The predicted octanol–water partition coefficient (Wildman–Crippen LogP) is 3.20. The standard InChI is InChI=1S/C26H29N3O5/c1-28(2)25(31)12-17-11-22(30)21-13-18(5-7-20(17)21)29-10-9-23(26(29)32)34-19-6-8-24(27-14-19)33-15-16-3-4-16/h5-8,13-14,16-17,23H,3-4,9-12,15H2,1-2H3/t17?,23-/m1/s1. The molecule has 1 saturated carbocycles. The molecule has 1 unspecified atom stereocenters. The molecule has 1 aromatic heterocycles. The number of benzene rings is 1. The molecule has 2 aliphatic carbocycles. The first kappa shape index (κ1) is 22.4. The normalized spacial score (nSPS) is 21.5. The summed E-state index contributed by atoms with van der Waals surface area (Å²) in [7, 11) is 3.43. The van der Waals surface area contributed by atoms with Crippen molar-refractivity contribution < 1.29 is 23.9 Å². The van der Waals surface area contributed by atoms with E-state index in [-0.39, 0.29) is 23.5 Å². The number of nitrogens with zero attached hydrogens (tertiary/aromatic N) is 3. The Balaban J connectivity index is 1.23. The molecule has 2 aromatic rings. The van der Waals surface area contributed by atoms with Gasteiger partial charge in [0.2, 0.25) is 11.8 Å². The number of ketones is 1. The van der Waals surface area contributed by atoms with E-state index in [1.807, 2.05) is 12.1 Å². The highest BCUT2D eigenvalue weighted by molar-refractivity contribution is 6.05. The lowest BCUT2D eigenvalue weighted by molar-refractivity contribution is -0.129. The van der Waals surface area contributed by atoms with Gasteiger partial charge in [-0.3, -0.25) is 14.4 Å². The number of hydrogen-bond acceptors (Lipinski definition) is 6. The number of pyridine rings is 1. The molecule has 0 spiro atoms. The molecule has 34 heavy (non-hydrogen) atoms. The fraction of sp³-hybridized carbons (Fsp3) is 0.462. The van der Waals surface area contributed by atoms with Crippen LogP contribution in [-0.2, 0) is 9.59 Å². The molecule has 2 amide bonds. The summed E-state index contributed by atoms with van der Waals surface area (Å²) in [4.78, 5) is 45.3. The molecule has 0 radical (unpaired) electrons. The van der Waals surface area contributed by atoms with Crippen molar-refractivity contribution in [1.29, 1.82) is 0 Å². The van der Waals surface area contributed by atoms with Crippen LogP contribution < -0.4 is 14.4 Å². The van der Waals surface area contributed by atoms with Gasteiger partial charge in [0, 0.05) is 63.1 Å². The van der Waals surface area contributed by atoms with Crippen molar-refractivity contribution in [2.75, 3.05) is 32.1 Å². The summed E-state index contributed by atoms with van der Waals surface area (Å²) in [6.45, 7) is 1.20. The fourth-order valence-corrected chi connectivity index (χ4v) is 4.52. The van der Waals surface area contributed by atoms with Crippen molar-refractivity contribution in [3.05, 3.63) is 47.7 Å². The molecule has 3 aliphatic rings. The van der Waals surface area contributed by atoms with Gasteiger partial charge in [0.25, 0.3) is 5.91 Å². The zero-order valence-corrected chi connectivity index (χ0v) is 19.5. The summed E-state index contributed by atoms with van der Waals surface area (Å²) < 4.78 is 11.6. The molecule has 1 saturated heterocycles. The van der Waals surface area contributed by atoms with Gasteiger partial charge < -0.3 is 19.3 Å². The lowest BCUT2D eigenvalue weighted by Crippen LogP contribution is -2.32. The van der Waals surface area contributed by atoms with Gasteiger partial charge in [-0.1, -0.05) is 6.07 Å². The smallest absolute Gasteiger partial charge is 0.268 e. The van der Waals surface area contributed by atoms with Gasteiger partial charge in [0.05, 0.1) is 12.8 Å². The predicted molar refractivity (Wildman–Crippen MR) is 125 cm³/mol. The Kier molecular flexibility index (Phi) is 5.98. The van der Waals surface area contributed by atoms with Gasteiger partial charge in [-0.05, 0) is 42.5 Å². The van der Waals surface area contributed by atoms with E-state index in [0.29, 0.717) is 61.2 Å². The first-order valence-electron chi connectivity index (χ1n) is 11.8. The fourth-order valence-electron chi connectivity index (χ4n) is 4.52. The van der Waals surface area contributed by atoms with Gasteiger partial charge >= 0.3 is 0 Å². The molecule has 0 bridgehead atoms. The Bertz CT molecular complexity index is 1110. The number of hydrogen-bond donors (Lipinski definition) is 0. The average Bonchev–Trinajstić information content (AvgIpc) is 3.53. The minimum absolute atomic E-state index is 0.00133. The molecule has 2 heterocycles. The zero-order chi connectivity index (χ0) is 23.8. The van der Waals surface area contributed by atoms with Gasteiger partial charge in [-0.15, -0.1) is 0 Å². The highest BCUT2D eigenvalue weighted by Gasteiger charge is 2.37.